The molecule has 0 aromatic carbocycles. The molecular formula is C9H17N2OPY-2. The van der Waals surface area contributed by atoms with Crippen molar-refractivity contribution in [3.05, 3.63) is 12.7 Å². The molecule has 1 amide bonds. The summed E-state index contributed by atoms with van der Waals surface area (Å²) in [6.07, 6.45) is 5.31. The molecule has 0 spiro atoms. The summed E-state index contributed by atoms with van der Waals surface area (Å²) in [4.78, 5) is 9.90. The molecule has 1 fully saturated rings. The average molecular weight is 289 g/mol. The van der Waals surface area contributed by atoms with Gasteiger partial charge in [0.25, 0.3) is 0 Å². The summed E-state index contributed by atoms with van der Waals surface area (Å²) in [6.45, 7) is 8.59. The van der Waals surface area contributed by atoms with Crippen LogP contribution in [0.5, 0.6) is 0 Å². The van der Waals surface area contributed by atoms with Gasteiger partial charge in [0.05, 0.1) is 0 Å². The molecule has 1 radical (unpaired) electrons. The molecule has 1 atom stereocenters. The van der Waals surface area contributed by atoms with E-state index >= 15 is 0 Å². The second kappa shape index (κ2) is 11.8. The van der Waals surface area contributed by atoms with Crippen LogP contribution in [0.1, 0.15) is 19.8 Å². The zero-order valence-electron chi connectivity index (χ0n) is 8.57. The van der Waals surface area contributed by atoms with E-state index in [0.29, 0.717) is 6.04 Å². The summed E-state index contributed by atoms with van der Waals surface area (Å²) in [5, 5.41) is 2.66. The van der Waals surface area contributed by atoms with Gasteiger partial charge in [0, 0.05) is 45.8 Å². The molecule has 5 heteroatoms. The third-order valence-electron chi connectivity index (χ3n) is 1.79. The van der Waals surface area contributed by atoms with Crippen molar-refractivity contribution in [3.8, 4) is 0 Å². The first-order valence-corrected chi connectivity index (χ1v) is 4.88. The van der Waals surface area contributed by atoms with E-state index in [1.165, 1.54) is 6.08 Å². The first-order chi connectivity index (χ1) is 6.24. The Morgan fingerprint density at radius 1 is 1.57 bits per heavy atom. The van der Waals surface area contributed by atoms with E-state index in [4.69, 9.17) is 6.58 Å². The number of nitrogens with zero attached hydrogens (tertiary/aromatic N) is 1. The molecule has 0 saturated carbocycles. The van der Waals surface area contributed by atoms with E-state index in [1.807, 2.05) is 0 Å². The fraction of sp³-hybridized carbons (Fsp3) is 0.667. The summed E-state index contributed by atoms with van der Waals surface area (Å²) >= 11 is 0. The standard InChI is InChI=1S/C6H12N2OP.C3H5.Y/c9-5-7-6-1-3-8(10)4-2-6;1-3-2;/h6H,1-4,10H2,(H,7,9);1,3H,2H3;/q2*-1;. The van der Waals surface area contributed by atoms with Gasteiger partial charge >= 0.3 is 0 Å². The van der Waals surface area contributed by atoms with Gasteiger partial charge < -0.3 is 16.7 Å². The van der Waals surface area contributed by atoms with Crippen LogP contribution in [0, 0.1) is 6.58 Å². The van der Waals surface area contributed by atoms with Gasteiger partial charge in [-0.25, -0.2) is 0 Å². The van der Waals surface area contributed by atoms with Crippen LogP contribution < -0.4 is 5.32 Å². The molecule has 1 unspecified atom stereocenters. The van der Waals surface area contributed by atoms with Crippen LogP contribution >= 0.6 is 9.39 Å². The molecule has 1 saturated heterocycles. The predicted octanol–water partition coefficient (Wildman–Crippen LogP) is 0.891. The Bertz CT molecular complexity index is 150. The Morgan fingerprint density at radius 2 is 2.00 bits per heavy atom. The van der Waals surface area contributed by atoms with Gasteiger partial charge in [-0.2, -0.15) is 6.41 Å². The number of amides is 1. The molecule has 1 heterocycles. The Kier molecular flexibility index (Phi) is 14.4. The van der Waals surface area contributed by atoms with E-state index in [9.17, 15) is 4.79 Å². The summed E-state index contributed by atoms with van der Waals surface area (Å²) in [6, 6.07) is 0.356. The Morgan fingerprint density at radius 3 is 2.36 bits per heavy atom. The molecule has 0 aromatic heterocycles. The zero-order valence-corrected chi connectivity index (χ0v) is 12.6. The molecule has 1 rings (SSSR count). The van der Waals surface area contributed by atoms with Crippen molar-refractivity contribution in [3.63, 3.8) is 0 Å². The molecular weight excluding hydrogens is 272 g/mol. The topological polar surface area (TPSA) is 32.3 Å². The Labute approximate surface area is 114 Å². The van der Waals surface area contributed by atoms with Gasteiger partial charge in [-0.15, -0.1) is 0 Å². The number of hydrogen-bond acceptors (Lipinski definition) is 2. The molecule has 1 N–H and O–H groups in total. The molecule has 1 aliphatic heterocycles. The average Bonchev–Trinajstić information content (AvgIpc) is 2.11. The molecule has 14 heavy (non-hydrogen) atoms. The fourth-order valence-electron chi connectivity index (χ4n) is 1.13. The number of carbonyl (C=O) groups excluding carboxylic acids is 1. The zero-order chi connectivity index (χ0) is 10.1. The quantitative estimate of drug-likeness (QED) is 0.465. The maximum absolute atomic E-state index is 9.90. The summed E-state index contributed by atoms with van der Waals surface area (Å²) in [5.74, 6) is 0. The van der Waals surface area contributed by atoms with E-state index in [1.54, 1.807) is 13.3 Å². The number of nitrogens with one attached hydrogen (secondary N) is 1. The van der Waals surface area contributed by atoms with E-state index in [-0.39, 0.29) is 32.7 Å². The number of allylic oxidation sites excluding steroid dienone is 1. The third-order valence-corrected chi connectivity index (χ3v) is 2.31. The third kappa shape index (κ3) is 9.27. The molecule has 1 aliphatic rings. The molecule has 0 aromatic rings. The van der Waals surface area contributed by atoms with Gasteiger partial charge in [-0.3, -0.25) is 10.7 Å². The van der Waals surface area contributed by atoms with Crippen molar-refractivity contribution in [2.45, 2.75) is 25.8 Å². The molecule has 0 aliphatic carbocycles. The smallest absolute Gasteiger partial charge is 0.00347 e. The minimum atomic E-state index is 0. The Balaban J connectivity index is 0. The van der Waals surface area contributed by atoms with Gasteiger partial charge in [-0.1, -0.05) is 16.3 Å². The monoisotopic (exact) mass is 289 g/mol. The van der Waals surface area contributed by atoms with Crippen LogP contribution in [0.25, 0.3) is 0 Å². The first-order valence-electron chi connectivity index (χ1n) is 4.36. The fourth-order valence-corrected chi connectivity index (χ4v) is 1.43. The second-order valence-corrected chi connectivity index (χ2v) is 3.62. The van der Waals surface area contributed by atoms with Crippen molar-refractivity contribution in [1.29, 1.82) is 0 Å². The second-order valence-electron chi connectivity index (χ2n) is 2.89. The molecule has 79 valence electrons. The van der Waals surface area contributed by atoms with Gasteiger partial charge in [-0.05, 0) is 18.9 Å². The van der Waals surface area contributed by atoms with Crippen molar-refractivity contribution in [2.24, 2.45) is 0 Å². The maximum Gasteiger partial charge on any atom is 0.00347 e. The summed E-state index contributed by atoms with van der Waals surface area (Å²) in [7, 11) is 2.67. The van der Waals surface area contributed by atoms with E-state index < -0.39 is 0 Å². The minimum Gasteiger partial charge on any atom is -0.527 e. The summed E-state index contributed by atoms with van der Waals surface area (Å²) in [5.41, 5.74) is 0. The van der Waals surface area contributed by atoms with Crippen molar-refractivity contribution in [1.82, 2.24) is 9.99 Å². The largest absolute Gasteiger partial charge is 0.527 e. The first kappa shape index (κ1) is 17.1. The molecule has 0 bridgehead atoms. The number of rotatable bonds is 2. The SMILES string of the molecule is O=[C-]NC1CCN(P)CC1.[CH-]=CC.[Y]. The van der Waals surface area contributed by atoms with Gasteiger partial charge in [0.15, 0.2) is 0 Å². The maximum atomic E-state index is 9.90. The van der Waals surface area contributed by atoms with Crippen LogP contribution in [0.4, 0.5) is 0 Å². The van der Waals surface area contributed by atoms with Crippen LogP contribution in [0.15, 0.2) is 6.08 Å². The van der Waals surface area contributed by atoms with Gasteiger partial charge in [0.1, 0.15) is 0 Å². The molecule has 3 nitrogen and oxygen atoms in total. The summed E-state index contributed by atoms with van der Waals surface area (Å²) < 4.78 is 2.18. The van der Waals surface area contributed by atoms with Crippen molar-refractivity contribution >= 4 is 15.8 Å². The number of hydrogen-bond donors (Lipinski definition) is 1. The van der Waals surface area contributed by atoms with Crippen LogP contribution in [0.3, 0.4) is 0 Å². The van der Waals surface area contributed by atoms with E-state index in [2.05, 4.69) is 19.4 Å². The van der Waals surface area contributed by atoms with Gasteiger partial charge in [0.2, 0.25) is 0 Å². The Hall–Kier alpha value is 0.704. The van der Waals surface area contributed by atoms with Crippen LogP contribution in [-0.4, -0.2) is 30.2 Å². The van der Waals surface area contributed by atoms with Crippen LogP contribution in [0.2, 0.25) is 0 Å². The van der Waals surface area contributed by atoms with Crippen molar-refractivity contribution < 1.29 is 37.5 Å². The normalized spacial score (nSPS) is 17.0. The predicted molar refractivity (Wildman–Crippen MR) is 57.7 cm³/mol. The number of piperidine rings is 1. The van der Waals surface area contributed by atoms with Crippen molar-refractivity contribution in [2.75, 3.05) is 13.1 Å². The van der Waals surface area contributed by atoms with Crippen LogP contribution in [-0.2, 0) is 37.5 Å². The van der Waals surface area contributed by atoms with E-state index in [0.717, 1.165) is 25.9 Å². The minimum absolute atomic E-state index is 0.